The lowest BCUT2D eigenvalue weighted by Gasteiger charge is -2.23. The summed E-state index contributed by atoms with van der Waals surface area (Å²) in [4.78, 5) is 21.4. The van der Waals surface area contributed by atoms with Crippen molar-refractivity contribution in [3.8, 4) is 45.3 Å². The van der Waals surface area contributed by atoms with E-state index in [1.54, 1.807) is 36.4 Å². The molecule has 0 bridgehead atoms. The van der Waals surface area contributed by atoms with Gasteiger partial charge in [0.25, 0.3) is 0 Å². The molecular weight excluding hydrogens is 809 g/mol. The smallest absolute Gasteiger partial charge is 0.404 e. The second-order valence-electron chi connectivity index (χ2n) is 16.8. The van der Waals surface area contributed by atoms with Gasteiger partial charge < -0.3 is 43.8 Å². The van der Waals surface area contributed by atoms with Gasteiger partial charge in [0.2, 0.25) is 5.91 Å². The van der Waals surface area contributed by atoms with Crippen LogP contribution in [0.1, 0.15) is 63.8 Å². The van der Waals surface area contributed by atoms with Gasteiger partial charge in [-0.1, -0.05) is 51.1 Å². The van der Waals surface area contributed by atoms with Crippen LogP contribution in [0.4, 0.5) is 14.5 Å². The number of aromatic hydroxyl groups is 1. The molecule has 330 valence electrons. The van der Waals surface area contributed by atoms with Crippen LogP contribution >= 0.6 is 0 Å². The molecule has 63 heavy (non-hydrogen) atoms. The summed E-state index contributed by atoms with van der Waals surface area (Å²) in [5, 5.41) is 13.3. The van der Waals surface area contributed by atoms with Gasteiger partial charge in [-0.3, -0.25) is 9.78 Å². The van der Waals surface area contributed by atoms with Crippen LogP contribution in [0.2, 0.25) is 0 Å². The van der Waals surface area contributed by atoms with Gasteiger partial charge in [-0.05, 0) is 96.5 Å². The first kappa shape index (κ1) is 43.6. The predicted molar refractivity (Wildman–Crippen MR) is 237 cm³/mol. The summed E-state index contributed by atoms with van der Waals surface area (Å²) in [5.74, 6) is 0.628. The zero-order chi connectivity index (χ0) is 44.2. The zero-order valence-electron chi connectivity index (χ0n) is 36.0. The minimum Gasteiger partial charge on any atom is -0.508 e. The number of H-pyrrole nitrogens is 1. The minimum atomic E-state index is -2.26. The van der Waals surface area contributed by atoms with E-state index in [1.165, 1.54) is 18.6 Å². The maximum absolute atomic E-state index is 15.3. The van der Waals surface area contributed by atoms with Gasteiger partial charge in [-0.15, -0.1) is 0 Å². The number of benzene rings is 4. The molecule has 1 atom stereocenters. The molecule has 1 fully saturated rings. The number of pyridine rings is 1. The summed E-state index contributed by atoms with van der Waals surface area (Å²) in [6, 6.07) is 22.9. The highest BCUT2D eigenvalue weighted by atomic mass is 19.2. The lowest BCUT2D eigenvalue weighted by molar-refractivity contribution is -0.173. The first-order chi connectivity index (χ1) is 30.3. The molecule has 1 aliphatic heterocycles. The topological polar surface area (TPSA) is 133 Å². The fourth-order valence-corrected chi connectivity index (χ4v) is 7.97. The van der Waals surface area contributed by atoms with E-state index in [-0.39, 0.29) is 34.3 Å². The number of halogens is 2. The standard InChI is InChI=1S/C50H53F2N3O8/c1-5-38-39(32-6-11-36(56)12-7-32)30-53-31-40(38)33-8-13-37(14-9-33)61-25-24-60-23-22-59-21-20-58-19-18-48(2,3)46-27-34-26-43(41(51)29-42(34)54-46)55-47(57)50(16-17-50)35-10-15-44-45(28-35)63-49(4,52)62-44/h6-15,26-31,54,56H,5,16-25H2,1-4H3,(H,55,57). The number of rotatable bonds is 20. The average molecular weight is 862 g/mol. The molecule has 2 aliphatic rings. The van der Waals surface area contributed by atoms with Crippen molar-refractivity contribution in [3.05, 3.63) is 120 Å². The number of aromatic amines is 1. The second-order valence-corrected chi connectivity index (χ2v) is 16.8. The summed E-state index contributed by atoms with van der Waals surface area (Å²) >= 11 is 0. The van der Waals surface area contributed by atoms with Gasteiger partial charge in [0, 0.05) is 65.1 Å². The fraction of sp³-hybridized carbons (Fsp3) is 0.360. The van der Waals surface area contributed by atoms with E-state index in [4.69, 9.17) is 28.4 Å². The molecule has 1 aliphatic carbocycles. The number of carbonyl (C=O) groups excluding carboxylic acids is 1. The quantitative estimate of drug-likeness (QED) is 0.0642. The Morgan fingerprint density at radius 1 is 0.825 bits per heavy atom. The van der Waals surface area contributed by atoms with Crippen molar-refractivity contribution in [2.45, 2.75) is 70.2 Å². The highest BCUT2D eigenvalue weighted by Crippen LogP contribution is 2.52. The highest BCUT2D eigenvalue weighted by Gasteiger charge is 2.52. The second kappa shape index (κ2) is 18.4. The highest BCUT2D eigenvalue weighted by molar-refractivity contribution is 6.02. The molecule has 2 aromatic heterocycles. The van der Waals surface area contributed by atoms with Gasteiger partial charge in [0.1, 0.15) is 23.9 Å². The summed E-state index contributed by atoms with van der Waals surface area (Å²) in [6.45, 7) is 10.6. The van der Waals surface area contributed by atoms with Crippen molar-refractivity contribution in [1.29, 1.82) is 0 Å². The van der Waals surface area contributed by atoms with Crippen LogP contribution in [0, 0.1) is 5.82 Å². The SMILES string of the molecule is CCc1c(-c2ccc(O)cc2)cncc1-c1ccc(OCCOCCOCCOCCC(C)(C)c2cc3cc(NC(=O)C4(c5ccc6c(c5)OC(C)(F)O6)CC4)c(F)cc3[nH]2)cc1. The number of phenolic OH excluding ortho intramolecular Hbond substituents is 1. The van der Waals surface area contributed by atoms with E-state index in [2.05, 4.69) is 36.1 Å². The minimum absolute atomic E-state index is 0.0957. The molecule has 3 N–H and O–H groups in total. The summed E-state index contributed by atoms with van der Waals surface area (Å²) in [7, 11) is 0. The molecule has 0 spiro atoms. The Hall–Kier alpha value is -6.02. The van der Waals surface area contributed by atoms with Crippen molar-refractivity contribution in [2.75, 3.05) is 51.6 Å². The van der Waals surface area contributed by atoms with Gasteiger partial charge in [-0.25, -0.2) is 4.39 Å². The van der Waals surface area contributed by atoms with Crippen LogP contribution in [0.5, 0.6) is 23.0 Å². The Bertz CT molecular complexity index is 2550. The van der Waals surface area contributed by atoms with Gasteiger partial charge >= 0.3 is 6.04 Å². The van der Waals surface area contributed by atoms with Crippen molar-refractivity contribution < 1.29 is 47.1 Å². The molecule has 3 heterocycles. The first-order valence-electron chi connectivity index (χ1n) is 21.4. The Morgan fingerprint density at radius 2 is 1.44 bits per heavy atom. The fourth-order valence-electron chi connectivity index (χ4n) is 7.97. The summed E-state index contributed by atoms with van der Waals surface area (Å²) in [5.41, 5.74) is 6.54. The summed E-state index contributed by atoms with van der Waals surface area (Å²) < 4.78 is 63.1. The molecule has 11 nitrogen and oxygen atoms in total. The lowest BCUT2D eigenvalue weighted by Crippen LogP contribution is -2.28. The molecule has 1 saturated carbocycles. The number of nitrogens with zero attached hydrogens (tertiary/aromatic N) is 1. The van der Waals surface area contributed by atoms with E-state index in [9.17, 15) is 14.3 Å². The predicted octanol–water partition coefficient (Wildman–Crippen LogP) is 10.2. The number of amides is 1. The molecular formula is C50H53F2N3O8. The number of fused-ring (bicyclic) bond motifs is 2. The number of hydrogen-bond donors (Lipinski definition) is 3. The maximum atomic E-state index is 15.3. The monoisotopic (exact) mass is 861 g/mol. The zero-order valence-corrected chi connectivity index (χ0v) is 36.0. The molecule has 0 saturated heterocycles. The number of nitrogens with one attached hydrogen (secondary N) is 2. The molecule has 13 heteroatoms. The van der Waals surface area contributed by atoms with Crippen LogP contribution in [0.25, 0.3) is 33.2 Å². The van der Waals surface area contributed by atoms with E-state index in [0.29, 0.717) is 76.6 Å². The third-order valence-corrected chi connectivity index (χ3v) is 11.8. The summed E-state index contributed by atoms with van der Waals surface area (Å²) in [6.07, 6.45) is 6.47. The van der Waals surface area contributed by atoms with E-state index in [1.807, 2.05) is 54.9 Å². The lowest BCUT2D eigenvalue weighted by atomic mass is 9.86. The van der Waals surface area contributed by atoms with Crippen LogP contribution in [0.15, 0.2) is 97.3 Å². The number of aromatic nitrogens is 2. The molecule has 1 amide bonds. The molecule has 6 aromatic rings. The first-order valence-corrected chi connectivity index (χ1v) is 21.4. The Morgan fingerprint density at radius 3 is 2.10 bits per heavy atom. The van der Waals surface area contributed by atoms with Crippen molar-refractivity contribution in [3.63, 3.8) is 0 Å². The van der Waals surface area contributed by atoms with Gasteiger partial charge in [0.05, 0.1) is 44.1 Å². The number of anilines is 1. The number of alkyl halides is 1. The Kier molecular flexibility index (Phi) is 12.7. The molecule has 8 rings (SSSR count). The van der Waals surface area contributed by atoms with Gasteiger partial charge in [-0.2, -0.15) is 4.39 Å². The van der Waals surface area contributed by atoms with Crippen molar-refractivity contribution in [2.24, 2.45) is 0 Å². The third-order valence-electron chi connectivity index (χ3n) is 11.8. The van der Waals surface area contributed by atoms with Gasteiger partial charge in [0.15, 0.2) is 11.5 Å². The van der Waals surface area contributed by atoms with Crippen molar-refractivity contribution in [1.82, 2.24) is 9.97 Å². The van der Waals surface area contributed by atoms with Crippen molar-refractivity contribution >= 4 is 22.5 Å². The Labute approximate surface area is 365 Å². The molecule has 4 aromatic carbocycles. The van der Waals surface area contributed by atoms with E-state index < -0.39 is 17.3 Å². The maximum Gasteiger partial charge on any atom is 0.404 e. The Balaban J connectivity index is 0.717. The van der Waals surface area contributed by atoms with Crippen LogP contribution in [0.3, 0.4) is 0 Å². The van der Waals surface area contributed by atoms with Crippen LogP contribution < -0.4 is 19.5 Å². The van der Waals surface area contributed by atoms with Crippen LogP contribution in [-0.4, -0.2) is 73.3 Å². The number of carbonyl (C=O) groups is 1. The third kappa shape index (κ3) is 9.96. The van der Waals surface area contributed by atoms with Crippen LogP contribution in [-0.2, 0) is 36.3 Å². The largest absolute Gasteiger partial charge is 0.508 e. The number of phenols is 1. The normalized spacial score (nSPS) is 16.3. The molecule has 1 unspecified atom stereocenters. The number of hydrogen-bond acceptors (Lipinski definition) is 9. The average Bonchev–Trinajstić information content (AvgIpc) is 3.88. The molecule has 0 radical (unpaired) electrons. The van der Waals surface area contributed by atoms with E-state index >= 15 is 4.39 Å². The number of ether oxygens (including phenoxy) is 6. The van der Waals surface area contributed by atoms with E-state index in [0.717, 1.165) is 45.5 Å².